The van der Waals surface area contributed by atoms with Crippen molar-refractivity contribution in [3.8, 4) is 0 Å². The highest BCUT2D eigenvalue weighted by Crippen LogP contribution is 2.00. The lowest BCUT2D eigenvalue weighted by Crippen LogP contribution is -2.77. The monoisotopic (exact) mass is 188 g/mol. The Bertz CT molecular complexity index is 318. The number of nitrogens with one attached hydrogen (secondary N) is 1. The van der Waals surface area contributed by atoms with Gasteiger partial charge in [0.15, 0.2) is 6.04 Å². The molecule has 74 valence electrons. The van der Waals surface area contributed by atoms with Crippen LogP contribution in [-0.2, 0) is 0 Å². The minimum absolute atomic E-state index is 0.389. The number of benzene rings is 1. The van der Waals surface area contributed by atoms with E-state index in [-0.39, 0.29) is 0 Å². The first-order valence-electron chi connectivity index (χ1n) is 4.98. The normalized spacial score (nSPS) is 12.8. The summed E-state index contributed by atoms with van der Waals surface area (Å²) >= 11 is 0. The van der Waals surface area contributed by atoms with Gasteiger partial charge in [0.1, 0.15) is 5.71 Å². The molecular formula is C13H18N+. The first-order valence-corrected chi connectivity index (χ1v) is 4.98. The van der Waals surface area contributed by atoms with E-state index < -0.39 is 0 Å². The second-order valence-corrected chi connectivity index (χ2v) is 3.70. The maximum atomic E-state index is 3.34. The first-order chi connectivity index (χ1) is 6.68. The van der Waals surface area contributed by atoms with Crippen molar-refractivity contribution in [2.45, 2.75) is 26.8 Å². The third kappa shape index (κ3) is 4.04. The van der Waals surface area contributed by atoms with Crippen LogP contribution in [-0.4, -0.2) is 11.8 Å². The zero-order valence-electron chi connectivity index (χ0n) is 9.12. The van der Waals surface area contributed by atoms with Crippen LogP contribution in [0.5, 0.6) is 0 Å². The minimum Gasteiger partial charge on any atom is -0.244 e. The van der Waals surface area contributed by atoms with Crippen LogP contribution in [0.2, 0.25) is 0 Å². The van der Waals surface area contributed by atoms with Crippen LogP contribution in [0.25, 0.3) is 6.08 Å². The van der Waals surface area contributed by atoms with Crippen molar-refractivity contribution in [2.24, 2.45) is 0 Å². The molecule has 0 saturated heterocycles. The van der Waals surface area contributed by atoms with Gasteiger partial charge in [-0.25, -0.2) is 4.99 Å². The van der Waals surface area contributed by atoms with E-state index in [9.17, 15) is 0 Å². The van der Waals surface area contributed by atoms with Crippen molar-refractivity contribution in [3.05, 3.63) is 42.0 Å². The molecule has 0 spiro atoms. The molecule has 1 aromatic rings. The van der Waals surface area contributed by atoms with Gasteiger partial charge in [0, 0.05) is 20.8 Å². The SMILES string of the molecule is CC(C)=[NH+]C(C)/C=C/c1ccccc1. The van der Waals surface area contributed by atoms with Crippen molar-refractivity contribution >= 4 is 11.8 Å². The molecule has 0 aliphatic rings. The molecule has 0 aromatic heterocycles. The van der Waals surface area contributed by atoms with Crippen LogP contribution >= 0.6 is 0 Å². The molecule has 0 saturated carbocycles. The fraction of sp³-hybridized carbons (Fsp3) is 0.308. The Kier molecular flexibility index (Phi) is 4.11. The molecule has 0 amide bonds. The minimum atomic E-state index is 0.389. The molecule has 1 heteroatoms. The molecule has 1 unspecified atom stereocenters. The Hall–Kier alpha value is -1.37. The predicted octanol–water partition coefficient (Wildman–Crippen LogP) is 1.65. The molecule has 1 nitrogen and oxygen atoms in total. The molecule has 0 radical (unpaired) electrons. The molecular weight excluding hydrogens is 170 g/mol. The van der Waals surface area contributed by atoms with Crippen LogP contribution < -0.4 is 4.99 Å². The topological polar surface area (TPSA) is 14.0 Å². The van der Waals surface area contributed by atoms with Crippen LogP contribution in [0.15, 0.2) is 36.4 Å². The lowest BCUT2D eigenvalue weighted by molar-refractivity contribution is -0.484. The van der Waals surface area contributed by atoms with Crippen molar-refractivity contribution < 1.29 is 4.99 Å². The summed E-state index contributed by atoms with van der Waals surface area (Å²) in [5.74, 6) is 0. The van der Waals surface area contributed by atoms with Crippen LogP contribution in [0.4, 0.5) is 0 Å². The van der Waals surface area contributed by atoms with Gasteiger partial charge in [0.2, 0.25) is 0 Å². The van der Waals surface area contributed by atoms with E-state index >= 15 is 0 Å². The van der Waals surface area contributed by atoms with Gasteiger partial charge in [-0.1, -0.05) is 36.4 Å². The van der Waals surface area contributed by atoms with Gasteiger partial charge in [-0.05, 0) is 11.6 Å². The maximum absolute atomic E-state index is 3.34. The molecule has 0 aliphatic heterocycles. The third-order valence-electron chi connectivity index (χ3n) is 1.89. The third-order valence-corrected chi connectivity index (χ3v) is 1.89. The van der Waals surface area contributed by atoms with Gasteiger partial charge in [-0.2, -0.15) is 0 Å². The summed E-state index contributed by atoms with van der Waals surface area (Å²) in [5.41, 5.74) is 2.49. The Balaban J connectivity index is 2.61. The number of rotatable bonds is 3. The van der Waals surface area contributed by atoms with E-state index in [1.54, 1.807) is 0 Å². The molecule has 14 heavy (non-hydrogen) atoms. The summed E-state index contributed by atoms with van der Waals surface area (Å²) in [6.07, 6.45) is 4.31. The van der Waals surface area contributed by atoms with Crippen LogP contribution in [0.1, 0.15) is 26.3 Å². The van der Waals surface area contributed by atoms with E-state index in [0.29, 0.717) is 6.04 Å². The smallest absolute Gasteiger partial charge is 0.166 e. The summed E-state index contributed by atoms with van der Waals surface area (Å²) in [7, 11) is 0. The second-order valence-electron chi connectivity index (χ2n) is 3.70. The Labute approximate surface area is 86.2 Å². The van der Waals surface area contributed by atoms with Crippen LogP contribution in [0, 0.1) is 0 Å². The fourth-order valence-electron chi connectivity index (χ4n) is 1.32. The van der Waals surface area contributed by atoms with E-state index in [1.165, 1.54) is 11.3 Å². The first kappa shape index (κ1) is 10.7. The van der Waals surface area contributed by atoms with Gasteiger partial charge in [0.05, 0.1) is 0 Å². The largest absolute Gasteiger partial charge is 0.244 e. The molecule has 0 heterocycles. The molecule has 1 rings (SSSR count). The highest BCUT2D eigenvalue weighted by molar-refractivity contribution is 5.72. The summed E-state index contributed by atoms with van der Waals surface area (Å²) in [4.78, 5) is 3.34. The summed E-state index contributed by atoms with van der Waals surface area (Å²) in [6.45, 7) is 6.30. The van der Waals surface area contributed by atoms with Crippen molar-refractivity contribution in [1.29, 1.82) is 0 Å². The highest BCUT2D eigenvalue weighted by Gasteiger charge is 1.97. The Morgan fingerprint density at radius 2 is 1.86 bits per heavy atom. The summed E-state index contributed by atoms with van der Waals surface area (Å²) in [6, 6.07) is 10.7. The van der Waals surface area contributed by atoms with E-state index in [2.05, 4.69) is 62.2 Å². The molecule has 0 fully saturated rings. The van der Waals surface area contributed by atoms with Crippen LogP contribution in [0.3, 0.4) is 0 Å². The number of hydrogen-bond acceptors (Lipinski definition) is 0. The average Bonchev–Trinajstić information content (AvgIpc) is 2.15. The molecule has 0 bridgehead atoms. The zero-order chi connectivity index (χ0) is 10.4. The van der Waals surface area contributed by atoms with Gasteiger partial charge in [0.25, 0.3) is 0 Å². The lowest BCUT2D eigenvalue weighted by Gasteiger charge is -1.94. The van der Waals surface area contributed by atoms with Crippen molar-refractivity contribution in [1.82, 2.24) is 0 Å². The summed E-state index contributed by atoms with van der Waals surface area (Å²) in [5, 5.41) is 0. The van der Waals surface area contributed by atoms with Crippen molar-refractivity contribution in [3.63, 3.8) is 0 Å². The van der Waals surface area contributed by atoms with Crippen molar-refractivity contribution in [2.75, 3.05) is 0 Å². The standard InChI is InChI=1S/C13H17N/c1-11(2)14-12(3)9-10-13-7-5-4-6-8-13/h4-10,12H,1-3H3/p+1/b10-9+. The van der Waals surface area contributed by atoms with E-state index in [0.717, 1.165) is 0 Å². The van der Waals surface area contributed by atoms with Gasteiger partial charge < -0.3 is 0 Å². The summed E-state index contributed by atoms with van der Waals surface area (Å²) < 4.78 is 0. The quantitative estimate of drug-likeness (QED) is 0.693. The van der Waals surface area contributed by atoms with Gasteiger partial charge >= 0.3 is 0 Å². The molecule has 0 aliphatic carbocycles. The molecule has 1 aromatic carbocycles. The van der Waals surface area contributed by atoms with Gasteiger partial charge in [-0.3, -0.25) is 0 Å². The molecule has 1 atom stereocenters. The number of hydrogen-bond donors (Lipinski definition) is 1. The maximum Gasteiger partial charge on any atom is 0.166 e. The highest BCUT2D eigenvalue weighted by atomic mass is 14.8. The zero-order valence-corrected chi connectivity index (χ0v) is 9.12. The van der Waals surface area contributed by atoms with Gasteiger partial charge in [-0.15, -0.1) is 0 Å². The predicted molar refractivity (Wildman–Crippen MR) is 62.3 cm³/mol. The fourth-order valence-corrected chi connectivity index (χ4v) is 1.32. The Morgan fingerprint density at radius 3 is 2.43 bits per heavy atom. The average molecular weight is 188 g/mol. The van der Waals surface area contributed by atoms with E-state index in [1.807, 2.05) is 6.07 Å². The van der Waals surface area contributed by atoms with E-state index in [4.69, 9.17) is 0 Å². The lowest BCUT2D eigenvalue weighted by atomic mass is 10.2. The molecule has 1 N–H and O–H groups in total. The second kappa shape index (κ2) is 5.38. The Morgan fingerprint density at radius 1 is 1.21 bits per heavy atom.